The van der Waals surface area contributed by atoms with Crippen LogP contribution in [0.4, 0.5) is 11.6 Å². The largest absolute Gasteiger partial charge is 0.372 e. The zero-order chi connectivity index (χ0) is 15.9. The molecule has 116 valence electrons. The van der Waals surface area contributed by atoms with Gasteiger partial charge in [-0.15, -0.1) is 10.2 Å². The first kappa shape index (κ1) is 15.7. The Labute approximate surface area is 129 Å². The molecular weight excluding hydrogens is 280 g/mol. The van der Waals surface area contributed by atoms with Gasteiger partial charge in [0.1, 0.15) is 5.69 Å². The highest BCUT2D eigenvalue weighted by molar-refractivity contribution is 5.80. The van der Waals surface area contributed by atoms with Gasteiger partial charge in [0.25, 0.3) is 5.56 Å². The molecule has 0 aliphatic carbocycles. The second-order valence-electron chi connectivity index (χ2n) is 4.72. The summed E-state index contributed by atoms with van der Waals surface area (Å²) in [6.45, 7) is 7.81. The number of benzene rings is 1. The molecule has 2 aromatic rings. The van der Waals surface area contributed by atoms with E-state index >= 15 is 0 Å². The Bertz CT molecular complexity index is 688. The smallest absolute Gasteiger partial charge is 0.274 e. The van der Waals surface area contributed by atoms with Gasteiger partial charge in [0, 0.05) is 18.8 Å². The van der Waals surface area contributed by atoms with Gasteiger partial charge < -0.3 is 4.90 Å². The molecule has 0 aliphatic heterocycles. The number of anilines is 2. The summed E-state index contributed by atoms with van der Waals surface area (Å²) in [5.41, 5.74) is 4.82. The van der Waals surface area contributed by atoms with E-state index in [2.05, 4.69) is 56.6 Å². The fourth-order valence-electron chi connectivity index (χ4n) is 1.97. The van der Waals surface area contributed by atoms with Crippen molar-refractivity contribution in [1.82, 2.24) is 15.2 Å². The summed E-state index contributed by atoms with van der Waals surface area (Å²) in [7, 11) is 0. The van der Waals surface area contributed by atoms with Gasteiger partial charge in [0.15, 0.2) is 0 Å². The van der Waals surface area contributed by atoms with E-state index in [1.54, 1.807) is 13.1 Å². The minimum atomic E-state index is -0.281. The molecule has 0 saturated heterocycles. The SMILES string of the molecule is CCN(CC)c1ccc(C=NNc2nnc(C)c(=O)[nH]2)cc1. The summed E-state index contributed by atoms with van der Waals surface area (Å²) in [6.07, 6.45) is 1.66. The minimum absolute atomic E-state index is 0.214. The van der Waals surface area contributed by atoms with Crippen molar-refractivity contribution in [2.75, 3.05) is 23.4 Å². The molecular formula is C15H20N6O. The molecule has 0 spiro atoms. The quantitative estimate of drug-likeness (QED) is 0.627. The lowest BCUT2D eigenvalue weighted by atomic mass is 10.2. The zero-order valence-electron chi connectivity index (χ0n) is 13.0. The van der Waals surface area contributed by atoms with Gasteiger partial charge in [-0.05, 0) is 38.5 Å². The van der Waals surface area contributed by atoms with Crippen LogP contribution in [-0.4, -0.2) is 34.5 Å². The van der Waals surface area contributed by atoms with Crippen LogP contribution < -0.4 is 15.9 Å². The predicted molar refractivity (Wildman–Crippen MR) is 88.6 cm³/mol. The number of hydrazone groups is 1. The Balaban J connectivity index is 2.01. The first-order valence-electron chi connectivity index (χ1n) is 7.21. The number of aryl methyl sites for hydroxylation is 1. The van der Waals surface area contributed by atoms with Crippen molar-refractivity contribution in [2.24, 2.45) is 5.10 Å². The summed E-state index contributed by atoms with van der Waals surface area (Å²) in [5.74, 6) is 0.214. The predicted octanol–water partition coefficient (Wildman–Crippen LogP) is 1.77. The summed E-state index contributed by atoms with van der Waals surface area (Å²) in [4.78, 5) is 16.2. The molecule has 0 fully saturated rings. The maximum absolute atomic E-state index is 11.4. The van der Waals surface area contributed by atoms with E-state index in [-0.39, 0.29) is 11.5 Å². The molecule has 0 amide bonds. The third kappa shape index (κ3) is 3.91. The topological polar surface area (TPSA) is 86.3 Å². The van der Waals surface area contributed by atoms with E-state index < -0.39 is 0 Å². The summed E-state index contributed by atoms with van der Waals surface area (Å²) >= 11 is 0. The number of aromatic nitrogens is 3. The normalized spacial score (nSPS) is 10.9. The van der Waals surface area contributed by atoms with Gasteiger partial charge in [0.05, 0.1) is 6.21 Å². The van der Waals surface area contributed by atoms with Gasteiger partial charge in [-0.3, -0.25) is 9.78 Å². The van der Waals surface area contributed by atoms with Crippen molar-refractivity contribution in [1.29, 1.82) is 0 Å². The van der Waals surface area contributed by atoms with Crippen LogP contribution in [0.3, 0.4) is 0 Å². The lowest BCUT2D eigenvalue weighted by molar-refractivity contribution is 0.866. The van der Waals surface area contributed by atoms with E-state index in [4.69, 9.17) is 0 Å². The first-order chi connectivity index (χ1) is 10.6. The van der Waals surface area contributed by atoms with Gasteiger partial charge in [0.2, 0.25) is 5.95 Å². The van der Waals surface area contributed by atoms with Gasteiger partial charge in [-0.2, -0.15) is 5.10 Å². The number of nitrogens with one attached hydrogen (secondary N) is 2. The van der Waals surface area contributed by atoms with E-state index in [9.17, 15) is 4.79 Å². The Hall–Kier alpha value is -2.70. The summed E-state index contributed by atoms with van der Waals surface area (Å²) in [5, 5.41) is 11.5. The number of H-pyrrole nitrogens is 1. The van der Waals surface area contributed by atoms with Crippen LogP contribution in [0, 0.1) is 6.92 Å². The molecule has 0 unspecified atom stereocenters. The van der Waals surface area contributed by atoms with Crippen molar-refractivity contribution in [3.05, 3.63) is 45.9 Å². The van der Waals surface area contributed by atoms with Crippen LogP contribution in [0.1, 0.15) is 25.1 Å². The number of hydrogen-bond donors (Lipinski definition) is 2. The minimum Gasteiger partial charge on any atom is -0.372 e. The van der Waals surface area contributed by atoms with Crippen molar-refractivity contribution in [3.63, 3.8) is 0 Å². The fourth-order valence-corrected chi connectivity index (χ4v) is 1.97. The monoisotopic (exact) mass is 300 g/mol. The van der Waals surface area contributed by atoms with Gasteiger partial charge in [-0.25, -0.2) is 5.43 Å². The van der Waals surface area contributed by atoms with Crippen molar-refractivity contribution < 1.29 is 0 Å². The molecule has 0 radical (unpaired) electrons. The maximum Gasteiger partial charge on any atom is 0.274 e. The van der Waals surface area contributed by atoms with Crippen LogP contribution in [0.5, 0.6) is 0 Å². The molecule has 7 heteroatoms. The molecule has 2 N–H and O–H groups in total. The Morgan fingerprint density at radius 2 is 1.91 bits per heavy atom. The van der Waals surface area contributed by atoms with Gasteiger partial charge >= 0.3 is 0 Å². The molecule has 7 nitrogen and oxygen atoms in total. The van der Waals surface area contributed by atoms with E-state index in [1.165, 1.54) is 5.69 Å². The highest BCUT2D eigenvalue weighted by Crippen LogP contribution is 2.13. The Morgan fingerprint density at radius 1 is 1.23 bits per heavy atom. The van der Waals surface area contributed by atoms with Crippen LogP contribution in [-0.2, 0) is 0 Å². The van der Waals surface area contributed by atoms with E-state index in [0.717, 1.165) is 18.7 Å². The molecule has 1 aromatic carbocycles. The third-order valence-electron chi connectivity index (χ3n) is 3.27. The third-order valence-corrected chi connectivity index (χ3v) is 3.27. The van der Waals surface area contributed by atoms with Crippen molar-refractivity contribution >= 4 is 17.9 Å². The number of hydrogen-bond acceptors (Lipinski definition) is 6. The van der Waals surface area contributed by atoms with Crippen molar-refractivity contribution in [2.45, 2.75) is 20.8 Å². The second kappa shape index (κ2) is 7.35. The van der Waals surface area contributed by atoms with Crippen LogP contribution in [0.15, 0.2) is 34.2 Å². The fraction of sp³-hybridized carbons (Fsp3) is 0.333. The average Bonchev–Trinajstić information content (AvgIpc) is 2.53. The molecule has 1 heterocycles. The molecule has 0 aliphatic rings. The average molecular weight is 300 g/mol. The molecule has 0 saturated carbocycles. The standard InChI is InChI=1S/C15H20N6O/c1-4-21(5-2)13-8-6-12(7-9-13)10-16-19-15-17-14(22)11(3)18-20-15/h6-10H,4-5H2,1-3H3,(H2,17,19,20,22). The summed E-state index contributed by atoms with van der Waals surface area (Å²) < 4.78 is 0. The molecule has 0 bridgehead atoms. The Morgan fingerprint density at radius 3 is 2.50 bits per heavy atom. The van der Waals surface area contributed by atoms with E-state index in [0.29, 0.717) is 5.69 Å². The molecule has 1 aromatic heterocycles. The van der Waals surface area contributed by atoms with Crippen molar-refractivity contribution in [3.8, 4) is 0 Å². The second-order valence-corrected chi connectivity index (χ2v) is 4.72. The molecule has 2 rings (SSSR count). The highest BCUT2D eigenvalue weighted by atomic mass is 16.1. The van der Waals surface area contributed by atoms with Crippen LogP contribution in [0.25, 0.3) is 0 Å². The highest BCUT2D eigenvalue weighted by Gasteiger charge is 2.00. The number of aromatic amines is 1. The number of nitrogens with zero attached hydrogens (tertiary/aromatic N) is 4. The van der Waals surface area contributed by atoms with E-state index in [1.807, 2.05) is 12.1 Å². The Kier molecular flexibility index (Phi) is 5.24. The zero-order valence-corrected chi connectivity index (χ0v) is 13.0. The lowest BCUT2D eigenvalue weighted by Gasteiger charge is -2.20. The number of rotatable bonds is 6. The van der Waals surface area contributed by atoms with Crippen LogP contribution in [0.2, 0.25) is 0 Å². The molecule has 0 atom stereocenters. The first-order valence-corrected chi connectivity index (χ1v) is 7.21. The molecule has 22 heavy (non-hydrogen) atoms. The van der Waals surface area contributed by atoms with Gasteiger partial charge in [-0.1, -0.05) is 12.1 Å². The maximum atomic E-state index is 11.4. The van der Waals surface area contributed by atoms with Crippen LogP contribution >= 0.6 is 0 Å². The lowest BCUT2D eigenvalue weighted by Crippen LogP contribution is -2.21. The summed E-state index contributed by atoms with van der Waals surface area (Å²) in [6, 6.07) is 8.09.